The van der Waals surface area contributed by atoms with Gasteiger partial charge in [0, 0.05) is 6.61 Å². The second kappa shape index (κ2) is 3.52. The molecule has 0 aromatic heterocycles. The number of ether oxygens (including phenoxy) is 1. The Morgan fingerprint density at radius 3 is 2.91 bits per heavy atom. The summed E-state index contributed by atoms with van der Waals surface area (Å²) in [6, 6.07) is 0.113. The van der Waals surface area contributed by atoms with Crippen molar-refractivity contribution in [2.75, 3.05) is 13.2 Å². The Morgan fingerprint density at radius 2 is 2.45 bits per heavy atom. The van der Waals surface area contributed by atoms with Crippen LogP contribution in [0, 0.1) is 0 Å². The predicted octanol–water partition coefficient (Wildman–Crippen LogP) is 0.483. The van der Waals surface area contributed by atoms with Crippen LogP contribution in [-0.4, -0.2) is 30.1 Å². The molecule has 2 atom stereocenters. The molecule has 0 radical (unpaired) electrons. The Kier molecular flexibility index (Phi) is 2.87. The van der Waals surface area contributed by atoms with Crippen molar-refractivity contribution < 1.29 is 9.84 Å². The van der Waals surface area contributed by atoms with Crippen molar-refractivity contribution in [2.24, 2.45) is 0 Å². The average Bonchev–Trinajstić information content (AvgIpc) is 2.37. The normalized spacial score (nSPS) is 30.3. The number of hydrogen-bond donors (Lipinski definition) is 2. The second-order valence-electron chi connectivity index (χ2n) is 3.14. The Morgan fingerprint density at radius 1 is 1.73 bits per heavy atom. The average molecular weight is 159 g/mol. The maximum atomic E-state index is 9.73. The summed E-state index contributed by atoms with van der Waals surface area (Å²) >= 11 is 0. The largest absolute Gasteiger partial charge is 0.364 e. The molecule has 0 bridgehead atoms. The van der Waals surface area contributed by atoms with E-state index < -0.39 is 5.79 Å². The van der Waals surface area contributed by atoms with E-state index >= 15 is 0 Å². The first-order valence-corrected chi connectivity index (χ1v) is 4.26. The van der Waals surface area contributed by atoms with Gasteiger partial charge in [0.15, 0.2) is 5.79 Å². The highest BCUT2D eigenvalue weighted by atomic mass is 16.6. The third-order valence-electron chi connectivity index (χ3n) is 2.14. The minimum absolute atomic E-state index is 0.113. The van der Waals surface area contributed by atoms with Gasteiger partial charge >= 0.3 is 0 Å². The molecule has 0 aromatic carbocycles. The van der Waals surface area contributed by atoms with Crippen molar-refractivity contribution in [1.82, 2.24) is 5.32 Å². The lowest BCUT2D eigenvalue weighted by Crippen LogP contribution is -2.47. The molecule has 1 aliphatic heterocycles. The van der Waals surface area contributed by atoms with Crippen LogP contribution in [0.5, 0.6) is 0 Å². The SMILES string of the molecule is CCO[C@](C)(O)C1CCCN1. The third-order valence-corrected chi connectivity index (χ3v) is 2.14. The molecule has 0 amide bonds. The van der Waals surface area contributed by atoms with Crippen molar-refractivity contribution in [2.45, 2.75) is 38.5 Å². The van der Waals surface area contributed by atoms with Gasteiger partial charge in [0.05, 0.1) is 6.04 Å². The molecule has 1 heterocycles. The topological polar surface area (TPSA) is 41.5 Å². The Balaban J connectivity index is 2.41. The van der Waals surface area contributed by atoms with Crippen molar-refractivity contribution >= 4 is 0 Å². The molecule has 1 aliphatic rings. The van der Waals surface area contributed by atoms with Crippen LogP contribution in [0.3, 0.4) is 0 Å². The van der Waals surface area contributed by atoms with Crippen molar-refractivity contribution in [3.63, 3.8) is 0 Å². The van der Waals surface area contributed by atoms with Crippen LogP contribution in [-0.2, 0) is 4.74 Å². The molecular formula is C8H17NO2. The zero-order valence-corrected chi connectivity index (χ0v) is 7.26. The van der Waals surface area contributed by atoms with E-state index in [9.17, 15) is 5.11 Å². The van der Waals surface area contributed by atoms with Gasteiger partial charge in [-0.25, -0.2) is 0 Å². The summed E-state index contributed by atoms with van der Waals surface area (Å²) in [6.45, 7) is 5.17. The fourth-order valence-electron chi connectivity index (χ4n) is 1.53. The molecule has 1 saturated heterocycles. The molecule has 1 fully saturated rings. The van der Waals surface area contributed by atoms with Gasteiger partial charge in [-0.3, -0.25) is 0 Å². The lowest BCUT2D eigenvalue weighted by atomic mass is 10.1. The first-order chi connectivity index (χ1) is 5.17. The summed E-state index contributed by atoms with van der Waals surface area (Å²) in [5, 5.41) is 12.9. The summed E-state index contributed by atoms with van der Waals surface area (Å²) in [4.78, 5) is 0. The van der Waals surface area contributed by atoms with E-state index in [0.29, 0.717) is 6.61 Å². The maximum Gasteiger partial charge on any atom is 0.178 e. The number of aliphatic hydroxyl groups is 1. The highest BCUT2D eigenvalue weighted by Crippen LogP contribution is 2.19. The Hall–Kier alpha value is -0.120. The molecule has 3 heteroatoms. The van der Waals surface area contributed by atoms with Crippen LogP contribution in [0.4, 0.5) is 0 Å². The minimum atomic E-state index is -0.981. The van der Waals surface area contributed by atoms with Crippen LogP contribution in [0.15, 0.2) is 0 Å². The molecule has 0 aromatic rings. The fourth-order valence-corrected chi connectivity index (χ4v) is 1.53. The molecule has 0 aliphatic carbocycles. The minimum Gasteiger partial charge on any atom is -0.364 e. The molecule has 11 heavy (non-hydrogen) atoms. The molecule has 2 N–H and O–H groups in total. The summed E-state index contributed by atoms with van der Waals surface area (Å²) in [5.74, 6) is -0.981. The van der Waals surface area contributed by atoms with Crippen LogP contribution in [0.1, 0.15) is 26.7 Å². The summed E-state index contributed by atoms with van der Waals surface area (Å²) in [5.41, 5.74) is 0. The summed E-state index contributed by atoms with van der Waals surface area (Å²) in [6.07, 6.45) is 2.14. The number of nitrogens with one attached hydrogen (secondary N) is 1. The number of rotatable bonds is 3. The van der Waals surface area contributed by atoms with Gasteiger partial charge in [0.1, 0.15) is 0 Å². The van der Waals surface area contributed by atoms with Crippen LogP contribution < -0.4 is 5.32 Å². The summed E-state index contributed by atoms with van der Waals surface area (Å²) < 4.78 is 5.21. The fraction of sp³-hybridized carbons (Fsp3) is 1.00. The van der Waals surface area contributed by atoms with Gasteiger partial charge in [-0.05, 0) is 33.2 Å². The highest BCUT2D eigenvalue weighted by molar-refractivity contribution is 4.84. The van der Waals surface area contributed by atoms with Crippen molar-refractivity contribution in [3.8, 4) is 0 Å². The lowest BCUT2D eigenvalue weighted by molar-refractivity contribution is -0.203. The van der Waals surface area contributed by atoms with E-state index in [2.05, 4.69) is 5.32 Å². The van der Waals surface area contributed by atoms with Crippen LogP contribution >= 0.6 is 0 Å². The van der Waals surface area contributed by atoms with E-state index in [0.717, 1.165) is 19.4 Å². The van der Waals surface area contributed by atoms with E-state index in [1.165, 1.54) is 0 Å². The predicted molar refractivity (Wildman–Crippen MR) is 43.3 cm³/mol. The first-order valence-electron chi connectivity index (χ1n) is 4.26. The van der Waals surface area contributed by atoms with Crippen LogP contribution in [0.25, 0.3) is 0 Å². The summed E-state index contributed by atoms with van der Waals surface area (Å²) in [7, 11) is 0. The Labute approximate surface area is 67.7 Å². The van der Waals surface area contributed by atoms with Crippen molar-refractivity contribution in [3.05, 3.63) is 0 Å². The van der Waals surface area contributed by atoms with Crippen LogP contribution in [0.2, 0.25) is 0 Å². The Bertz CT molecular complexity index is 119. The molecule has 0 spiro atoms. The quantitative estimate of drug-likeness (QED) is 0.589. The first kappa shape index (κ1) is 8.97. The maximum absolute atomic E-state index is 9.73. The monoisotopic (exact) mass is 159 g/mol. The van der Waals surface area contributed by atoms with E-state index in [1.807, 2.05) is 6.92 Å². The van der Waals surface area contributed by atoms with E-state index in [1.54, 1.807) is 6.92 Å². The number of hydrogen-bond acceptors (Lipinski definition) is 3. The van der Waals surface area contributed by atoms with E-state index in [4.69, 9.17) is 4.74 Å². The van der Waals surface area contributed by atoms with Gasteiger partial charge in [0.2, 0.25) is 0 Å². The van der Waals surface area contributed by atoms with Gasteiger partial charge < -0.3 is 15.2 Å². The molecule has 0 saturated carbocycles. The highest BCUT2D eigenvalue weighted by Gasteiger charge is 2.34. The lowest BCUT2D eigenvalue weighted by Gasteiger charge is -2.29. The van der Waals surface area contributed by atoms with Gasteiger partial charge in [-0.1, -0.05) is 0 Å². The molecule has 1 unspecified atom stereocenters. The zero-order chi connectivity index (χ0) is 8.32. The van der Waals surface area contributed by atoms with Gasteiger partial charge in [0.25, 0.3) is 0 Å². The molecule has 1 rings (SSSR count). The third kappa shape index (κ3) is 2.15. The van der Waals surface area contributed by atoms with Gasteiger partial charge in [-0.2, -0.15) is 0 Å². The zero-order valence-electron chi connectivity index (χ0n) is 7.26. The second-order valence-corrected chi connectivity index (χ2v) is 3.14. The smallest absolute Gasteiger partial charge is 0.178 e. The van der Waals surface area contributed by atoms with Crippen molar-refractivity contribution in [1.29, 1.82) is 0 Å². The standard InChI is InChI=1S/C8H17NO2/c1-3-11-8(2,10)7-5-4-6-9-7/h7,9-10H,3-6H2,1-2H3/t7?,8-/m0/s1. The molecule has 3 nitrogen and oxygen atoms in total. The van der Waals surface area contributed by atoms with E-state index in [-0.39, 0.29) is 6.04 Å². The van der Waals surface area contributed by atoms with Gasteiger partial charge in [-0.15, -0.1) is 0 Å². The molecular weight excluding hydrogens is 142 g/mol. The molecule has 66 valence electrons.